The summed E-state index contributed by atoms with van der Waals surface area (Å²) in [7, 11) is 0. The van der Waals surface area contributed by atoms with E-state index in [9.17, 15) is 18.0 Å². The van der Waals surface area contributed by atoms with Crippen molar-refractivity contribution in [1.82, 2.24) is 0 Å². The van der Waals surface area contributed by atoms with Gasteiger partial charge >= 0.3 is 12.1 Å². The Labute approximate surface area is 93.9 Å². The first-order valence-corrected chi connectivity index (χ1v) is 4.50. The van der Waals surface area contributed by atoms with Crippen LogP contribution in [0.1, 0.15) is 24.0 Å². The number of carboxylic acids is 1. The highest BCUT2D eigenvalue weighted by Gasteiger charge is 2.37. The second kappa shape index (κ2) is 4.15. The standard InChI is InChI=1S/C10H9F3O4/c1-4(9(16)17)5-2-7(14)8(15)3-6(5)10(11,12)13/h2-4,14-15H,1H3,(H,16,17). The smallest absolute Gasteiger partial charge is 0.416 e. The molecule has 1 rings (SSSR count). The number of aliphatic carboxylic acids is 1. The maximum atomic E-state index is 12.6. The van der Waals surface area contributed by atoms with Crippen LogP contribution in [0.15, 0.2) is 12.1 Å². The number of carboxylic acid groups (broad SMARTS) is 1. The van der Waals surface area contributed by atoms with E-state index in [-0.39, 0.29) is 0 Å². The second-order valence-corrected chi connectivity index (χ2v) is 3.49. The van der Waals surface area contributed by atoms with E-state index in [1.165, 1.54) is 0 Å². The predicted molar refractivity (Wildman–Crippen MR) is 50.8 cm³/mol. The number of hydrogen-bond acceptors (Lipinski definition) is 3. The zero-order valence-electron chi connectivity index (χ0n) is 8.62. The zero-order chi connectivity index (χ0) is 13.4. The Kier molecular flexibility index (Phi) is 3.21. The van der Waals surface area contributed by atoms with Crippen molar-refractivity contribution in [3.05, 3.63) is 23.3 Å². The van der Waals surface area contributed by atoms with E-state index in [2.05, 4.69) is 0 Å². The Morgan fingerprint density at radius 3 is 2.12 bits per heavy atom. The summed E-state index contributed by atoms with van der Waals surface area (Å²) in [5.41, 5.74) is -1.87. The summed E-state index contributed by atoms with van der Waals surface area (Å²) in [5, 5.41) is 26.8. The lowest BCUT2D eigenvalue weighted by molar-refractivity contribution is -0.141. The molecule has 1 aromatic rings. The van der Waals surface area contributed by atoms with E-state index in [4.69, 9.17) is 15.3 Å². The van der Waals surface area contributed by atoms with Gasteiger partial charge in [0.1, 0.15) is 0 Å². The fourth-order valence-corrected chi connectivity index (χ4v) is 1.33. The molecular formula is C10H9F3O4. The number of rotatable bonds is 2. The minimum absolute atomic E-state index is 0.310. The summed E-state index contributed by atoms with van der Waals surface area (Å²) in [6.45, 7) is 1.06. The number of phenols is 2. The van der Waals surface area contributed by atoms with Gasteiger partial charge in [0.25, 0.3) is 0 Å². The van der Waals surface area contributed by atoms with Crippen molar-refractivity contribution < 1.29 is 33.3 Å². The summed E-state index contributed by atoms with van der Waals surface area (Å²) in [4.78, 5) is 10.7. The highest BCUT2D eigenvalue weighted by atomic mass is 19.4. The van der Waals surface area contributed by atoms with Gasteiger partial charge in [0, 0.05) is 0 Å². The molecule has 3 N–H and O–H groups in total. The summed E-state index contributed by atoms with van der Waals surface area (Å²) in [6, 6.07) is 0.918. The van der Waals surface area contributed by atoms with Crippen LogP contribution in [0.3, 0.4) is 0 Å². The van der Waals surface area contributed by atoms with Crippen molar-refractivity contribution in [3.8, 4) is 11.5 Å². The molecule has 7 heteroatoms. The van der Waals surface area contributed by atoms with Gasteiger partial charge in [0.15, 0.2) is 11.5 Å². The molecule has 0 radical (unpaired) electrons. The van der Waals surface area contributed by atoms with E-state index in [1.54, 1.807) is 0 Å². The average Bonchev–Trinajstić information content (AvgIpc) is 2.18. The first-order chi connectivity index (χ1) is 7.64. The number of benzene rings is 1. The largest absolute Gasteiger partial charge is 0.504 e. The maximum Gasteiger partial charge on any atom is 0.416 e. The summed E-state index contributed by atoms with van der Waals surface area (Å²) in [6.07, 6.45) is -4.80. The van der Waals surface area contributed by atoms with Gasteiger partial charge < -0.3 is 15.3 Å². The van der Waals surface area contributed by atoms with Gasteiger partial charge in [0.05, 0.1) is 11.5 Å². The number of phenolic OH excluding ortho intramolecular Hbond substituents is 2. The van der Waals surface area contributed by atoms with Crippen LogP contribution in [0.4, 0.5) is 13.2 Å². The molecule has 0 spiro atoms. The highest BCUT2D eigenvalue weighted by Crippen LogP contribution is 2.40. The Balaban J connectivity index is 3.46. The van der Waals surface area contributed by atoms with Crippen LogP contribution in [0.5, 0.6) is 11.5 Å². The quantitative estimate of drug-likeness (QED) is 0.704. The molecule has 1 atom stereocenters. The fourth-order valence-electron chi connectivity index (χ4n) is 1.33. The first-order valence-electron chi connectivity index (χ1n) is 4.50. The molecule has 94 valence electrons. The number of carbonyl (C=O) groups is 1. The molecule has 0 fully saturated rings. The van der Waals surface area contributed by atoms with Crippen LogP contribution in [-0.2, 0) is 11.0 Å². The van der Waals surface area contributed by atoms with E-state index >= 15 is 0 Å². The first kappa shape index (κ1) is 13.1. The monoisotopic (exact) mass is 250 g/mol. The zero-order valence-corrected chi connectivity index (χ0v) is 8.62. The Morgan fingerprint density at radius 2 is 1.71 bits per heavy atom. The van der Waals surface area contributed by atoms with Gasteiger partial charge in [-0.25, -0.2) is 0 Å². The molecule has 0 saturated heterocycles. The third-order valence-electron chi connectivity index (χ3n) is 2.29. The summed E-state index contributed by atoms with van der Waals surface area (Å²) in [5.74, 6) is -4.64. The van der Waals surface area contributed by atoms with Gasteiger partial charge in [-0.1, -0.05) is 0 Å². The maximum absolute atomic E-state index is 12.6. The Morgan fingerprint density at radius 1 is 1.24 bits per heavy atom. The number of aromatic hydroxyl groups is 2. The number of halogens is 3. The van der Waals surface area contributed by atoms with Crippen molar-refractivity contribution in [2.75, 3.05) is 0 Å². The number of alkyl halides is 3. The topological polar surface area (TPSA) is 77.8 Å². The van der Waals surface area contributed by atoms with Crippen LogP contribution >= 0.6 is 0 Å². The van der Waals surface area contributed by atoms with Crippen LogP contribution in [-0.4, -0.2) is 21.3 Å². The van der Waals surface area contributed by atoms with Crippen LogP contribution in [0.25, 0.3) is 0 Å². The molecule has 1 aromatic carbocycles. The van der Waals surface area contributed by atoms with Gasteiger partial charge in [-0.3, -0.25) is 4.79 Å². The van der Waals surface area contributed by atoms with Crippen LogP contribution in [0.2, 0.25) is 0 Å². The second-order valence-electron chi connectivity index (χ2n) is 3.49. The third kappa shape index (κ3) is 2.61. The molecule has 0 heterocycles. The molecule has 0 aliphatic carbocycles. The Bertz CT molecular complexity index is 454. The van der Waals surface area contributed by atoms with Crippen LogP contribution in [0, 0.1) is 0 Å². The van der Waals surface area contributed by atoms with E-state index in [0.717, 1.165) is 6.92 Å². The predicted octanol–water partition coefficient (Wildman–Crippen LogP) is 2.30. The SMILES string of the molecule is CC(C(=O)O)c1cc(O)c(O)cc1C(F)(F)F. The van der Waals surface area contributed by atoms with E-state index in [1.807, 2.05) is 0 Å². The molecule has 0 aliphatic heterocycles. The Hall–Kier alpha value is -1.92. The lowest BCUT2D eigenvalue weighted by atomic mass is 9.94. The molecule has 0 saturated carbocycles. The highest BCUT2D eigenvalue weighted by molar-refractivity contribution is 5.76. The van der Waals surface area contributed by atoms with Gasteiger partial charge in [-0.05, 0) is 24.6 Å². The van der Waals surface area contributed by atoms with Crippen LogP contribution < -0.4 is 0 Å². The van der Waals surface area contributed by atoms with Gasteiger partial charge in [-0.2, -0.15) is 13.2 Å². The molecule has 0 aromatic heterocycles. The van der Waals surface area contributed by atoms with Crippen molar-refractivity contribution in [1.29, 1.82) is 0 Å². The molecule has 17 heavy (non-hydrogen) atoms. The van der Waals surface area contributed by atoms with Gasteiger partial charge in [0.2, 0.25) is 0 Å². The minimum Gasteiger partial charge on any atom is -0.504 e. The van der Waals surface area contributed by atoms with Gasteiger partial charge in [-0.15, -0.1) is 0 Å². The molecule has 0 amide bonds. The average molecular weight is 250 g/mol. The van der Waals surface area contributed by atoms with Crippen molar-refractivity contribution in [2.45, 2.75) is 19.0 Å². The normalized spacial score (nSPS) is 13.4. The fraction of sp³-hybridized carbons (Fsp3) is 0.300. The minimum atomic E-state index is -4.80. The van der Waals surface area contributed by atoms with Crippen molar-refractivity contribution >= 4 is 5.97 Å². The third-order valence-corrected chi connectivity index (χ3v) is 2.29. The number of hydrogen-bond donors (Lipinski definition) is 3. The molecule has 4 nitrogen and oxygen atoms in total. The lowest BCUT2D eigenvalue weighted by Crippen LogP contribution is -2.15. The molecule has 1 unspecified atom stereocenters. The lowest BCUT2D eigenvalue weighted by Gasteiger charge is -2.16. The van der Waals surface area contributed by atoms with Crippen molar-refractivity contribution in [2.24, 2.45) is 0 Å². The molecule has 0 aliphatic rings. The van der Waals surface area contributed by atoms with E-state index in [0.29, 0.717) is 12.1 Å². The summed E-state index contributed by atoms with van der Waals surface area (Å²) < 4.78 is 37.8. The van der Waals surface area contributed by atoms with E-state index < -0.39 is 40.7 Å². The molecular weight excluding hydrogens is 241 g/mol. The molecule has 0 bridgehead atoms. The van der Waals surface area contributed by atoms with Crippen molar-refractivity contribution in [3.63, 3.8) is 0 Å². The summed E-state index contributed by atoms with van der Waals surface area (Å²) >= 11 is 0.